The highest BCUT2D eigenvalue weighted by atomic mass is 32.2. The molecule has 1 heterocycles. The van der Waals surface area contributed by atoms with Crippen molar-refractivity contribution in [3.63, 3.8) is 0 Å². The lowest BCUT2D eigenvalue weighted by Gasteiger charge is -2.03. The third kappa shape index (κ3) is 2.68. The highest BCUT2D eigenvalue weighted by Gasteiger charge is 2.03. The van der Waals surface area contributed by atoms with Crippen molar-refractivity contribution in [2.24, 2.45) is 0 Å². The number of benzene rings is 1. The monoisotopic (exact) mass is 234 g/mol. The minimum atomic E-state index is -0.0368. The Kier molecular flexibility index (Phi) is 3.70. The molecule has 0 fully saturated rings. The Morgan fingerprint density at radius 1 is 1.19 bits per heavy atom. The van der Waals surface area contributed by atoms with E-state index in [-0.39, 0.29) is 6.61 Å². The van der Waals surface area contributed by atoms with Crippen molar-refractivity contribution in [3.8, 4) is 0 Å². The first-order valence-corrected chi connectivity index (χ1v) is 6.15. The maximum absolute atomic E-state index is 8.88. The molecule has 0 radical (unpaired) electrons. The lowest BCUT2D eigenvalue weighted by molar-refractivity contribution is 0.237. The molecule has 1 aromatic heterocycles. The molecule has 1 N–H and O–H groups in total. The Morgan fingerprint density at radius 2 is 2.00 bits per heavy atom. The molecule has 0 amide bonds. The summed E-state index contributed by atoms with van der Waals surface area (Å²) in [5.74, 6) is 1.51. The van der Waals surface area contributed by atoms with Gasteiger partial charge in [0.1, 0.15) is 12.4 Å². The maximum Gasteiger partial charge on any atom is 0.160 e. The molecule has 0 atom stereocenters. The standard InChI is InChI=1S/C13H14O2S/c1-10-4-2-3-5-11(10)9-16-13-7-6-12(8-14)15-13/h2-7,14H,8-9H2,1H3. The molecule has 0 unspecified atom stereocenters. The van der Waals surface area contributed by atoms with Crippen LogP contribution in [0.25, 0.3) is 0 Å². The Labute approximate surface area is 99.3 Å². The minimum absolute atomic E-state index is 0.0368. The van der Waals surface area contributed by atoms with E-state index in [1.807, 2.05) is 18.2 Å². The molecule has 0 spiro atoms. The van der Waals surface area contributed by atoms with Gasteiger partial charge in [-0.2, -0.15) is 0 Å². The van der Waals surface area contributed by atoms with Gasteiger partial charge in [-0.25, -0.2) is 0 Å². The van der Waals surface area contributed by atoms with Crippen LogP contribution in [0.1, 0.15) is 16.9 Å². The summed E-state index contributed by atoms with van der Waals surface area (Å²) in [5, 5.41) is 9.73. The molecule has 1 aromatic carbocycles. The van der Waals surface area contributed by atoms with Crippen molar-refractivity contribution in [2.75, 3.05) is 0 Å². The first kappa shape index (κ1) is 11.3. The van der Waals surface area contributed by atoms with Crippen LogP contribution in [0.15, 0.2) is 45.9 Å². The zero-order chi connectivity index (χ0) is 11.4. The van der Waals surface area contributed by atoms with Gasteiger partial charge in [-0.15, -0.1) is 0 Å². The summed E-state index contributed by atoms with van der Waals surface area (Å²) in [6.45, 7) is 2.07. The van der Waals surface area contributed by atoms with E-state index in [4.69, 9.17) is 9.52 Å². The molecule has 16 heavy (non-hydrogen) atoms. The van der Waals surface area contributed by atoms with Crippen molar-refractivity contribution in [2.45, 2.75) is 24.4 Å². The number of thioether (sulfide) groups is 1. The summed E-state index contributed by atoms with van der Waals surface area (Å²) in [4.78, 5) is 0. The van der Waals surface area contributed by atoms with Crippen LogP contribution in [0, 0.1) is 6.92 Å². The number of aliphatic hydroxyl groups excluding tert-OH is 1. The second-order valence-electron chi connectivity index (χ2n) is 3.59. The largest absolute Gasteiger partial charge is 0.452 e. The summed E-state index contributed by atoms with van der Waals surface area (Å²) in [5.41, 5.74) is 2.61. The molecule has 0 aliphatic heterocycles. The van der Waals surface area contributed by atoms with Crippen LogP contribution in [0.3, 0.4) is 0 Å². The number of hydrogen-bond acceptors (Lipinski definition) is 3. The highest BCUT2D eigenvalue weighted by molar-refractivity contribution is 7.98. The van der Waals surface area contributed by atoms with Crippen LogP contribution in [0.2, 0.25) is 0 Å². The van der Waals surface area contributed by atoms with Gasteiger partial charge in [0, 0.05) is 5.75 Å². The highest BCUT2D eigenvalue weighted by Crippen LogP contribution is 2.26. The Bertz CT molecular complexity index is 462. The lowest BCUT2D eigenvalue weighted by atomic mass is 10.1. The van der Waals surface area contributed by atoms with Crippen molar-refractivity contribution in [1.29, 1.82) is 0 Å². The van der Waals surface area contributed by atoms with Crippen molar-refractivity contribution in [1.82, 2.24) is 0 Å². The molecule has 2 rings (SSSR count). The summed E-state index contributed by atoms with van der Waals surface area (Å²) < 4.78 is 5.41. The fraction of sp³-hybridized carbons (Fsp3) is 0.231. The van der Waals surface area contributed by atoms with Gasteiger partial charge in [-0.05, 0) is 30.2 Å². The zero-order valence-electron chi connectivity index (χ0n) is 9.14. The van der Waals surface area contributed by atoms with Crippen LogP contribution in [0.5, 0.6) is 0 Å². The van der Waals surface area contributed by atoms with E-state index in [2.05, 4.69) is 19.1 Å². The first-order chi connectivity index (χ1) is 7.79. The van der Waals surface area contributed by atoms with Gasteiger partial charge in [-0.3, -0.25) is 0 Å². The van der Waals surface area contributed by atoms with Gasteiger partial charge in [0.2, 0.25) is 0 Å². The van der Waals surface area contributed by atoms with Crippen LogP contribution < -0.4 is 0 Å². The number of hydrogen-bond donors (Lipinski definition) is 1. The quantitative estimate of drug-likeness (QED) is 0.823. The van der Waals surface area contributed by atoms with Crippen molar-refractivity contribution >= 4 is 11.8 Å². The molecular weight excluding hydrogens is 220 g/mol. The van der Waals surface area contributed by atoms with Crippen LogP contribution >= 0.6 is 11.8 Å². The first-order valence-electron chi connectivity index (χ1n) is 5.16. The Balaban J connectivity index is 1.99. The summed E-state index contributed by atoms with van der Waals surface area (Å²) in [7, 11) is 0. The molecule has 0 bridgehead atoms. The molecule has 2 aromatic rings. The topological polar surface area (TPSA) is 33.4 Å². The lowest BCUT2D eigenvalue weighted by Crippen LogP contribution is -1.84. The predicted molar refractivity (Wildman–Crippen MR) is 65.4 cm³/mol. The molecule has 0 saturated carbocycles. The normalized spacial score (nSPS) is 10.6. The van der Waals surface area contributed by atoms with E-state index in [0.717, 1.165) is 10.8 Å². The van der Waals surface area contributed by atoms with Gasteiger partial charge >= 0.3 is 0 Å². The van der Waals surface area contributed by atoms with Gasteiger partial charge in [0.15, 0.2) is 5.09 Å². The average molecular weight is 234 g/mol. The van der Waals surface area contributed by atoms with Crippen LogP contribution in [-0.4, -0.2) is 5.11 Å². The van der Waals surface area contributed by atoms with E-state index >= 15 is 0 Å². The molecule has 0 aliphatic carbocycles. The van der Waals surface area contributed by atoms with Crippen molar-refractivity contribution in [3.05, 3.63) is 53.3 Å². The van der Waals surface area contributed by atoms with Gasteiger partial charge in [0.25, 0.3) is 0 Å². The minimum Gasteiger partial charge on any atom is -0.452 e. The third-order valence-corrected chi connectivity index (χ3v) is 3.38. The smallest absolute Gasteiger partial charge is 0.160 e. The van der Waals surface area contributed by atoms with Crippen molar-refractivity contribution < 1.29 is 9.52 Å². The number of aliphatic hydroxyl groups is 1. The second-order valence-corrected chi connectivity index (χ2v) is 4.57. The second kappa shape index (κ2) is 5.23. The fourth-order valence-corrected chi connectivity index (χ4v) is 2.39. The maximum atomic E-state index is 8.88. The van der Waals surface area contributed by atoms with E-state index in [9.17, 15) is 0 Å². The summed E-state index contributed by atoms with van der Waals surface area (Å²) in [6, 6.07) is 12.0. The molecule has 3 heteroatoms. The van der Waals surface area contributed by atoms with Crippen LogP contribution in [0.4, 0.5) is 0 Å². The average Bonchev–Trinajstić information content (AvgIpc) is 2.76. The van der Waals surface area contributed by atoms with E-state index in [1.165, 1.54) is 11.1 Å². The molecular formula is C13H14O2S. The van der Waals surface area contributed by atoms with Gasteiger partial charge < -0.3 is 9.52 Å². The fourth-order valence-electron chi connectivity index (χ4n) is 1.44. The molecule has 0 saturated heterocycles. The van der Waals surface area contributed by atoms with Gasteiger partial charge in [0.05, 0.1) is 0 Å². The third-order valence-electron chi connectivity index (χ3n) is 2.42. The summed E-state index contributed by atoms with van der Waals surface area (Å²) >= 11 is 1.65. The predicted octanol–water partition coefficient (Wildman–Crippen LogP) is 3.37. The molecule has 2 nitrogen and oxygen atoms in total. The van der Waals surface area contributed by atoms with E-state index < -0.39 is 0 Å². The molecule has 84 valence electrons. The van der Waals surface area contributed by atoms with Gasteiger partial charge in [-0.1, -0.05) is 36.0 Å². The number of furan rings is 1. The van der Waals surface area contributed by atoms with Crippen LogP contribution in [-0.2, 0) is 12.4 Å². The Morgan fingerprint density at radius 3 is 2.69 bits per heavy atom. The Hall–Kier alpha value is -1.19. The number of aryl methyl sites for hydroxylation is 1. The summed E-state index contributed by atoms with van der Waals surface area (Å²) in [6.07, 6.45) is 0. The van der Waals surface area contributed by atoms with E-state index in [0.29, 0.717) is 5.76 Å². The van der Waals surface area contributed by atoms with E-state index in [1.54, 1.807) is 17.8 Å². The molecule has 0 aliphatic rings. The zero-order valence-corrected chi connectivity index (χ0v) is 9.96. The number of rotatable bonds is 4. The SMILES string of the molecule is Cc1ccccc1CSc1ccc(CO)o1.